The molecule has 118 valence electrons. The van der Waals surface area contributed by atoms with E-state index in [-0.39, 0.29) is 4.75 Å². The first-order valence-electron chi connectivity index (χ1n) is 7.59. The van der Waals surface area contributed by atoms with E-state index in [2.05, 4.69) is 40.2 Å². The van der Waals surface area contributed by atoms with Crippen molar-refractivity contribution in [3.63, 3.8) is 0 Å². The fourth-order valence-corrected chi connectivity index (χ4v) is 3.88. The molecule has 0 bridgehead atoms. The number of aliphatic imine (C=N–C) groups is 1. The summed E-state index contributed by atoms with van der Waals surface area (Å²) in [6, 6.07) is 6.03. The SMILES string of the molecule is CN=C(NCc1cn2ccccc2n1)N1CCSC(C)(C)C1. The zero-order chi connectivity index (χ0) is 15.6. The van der Waals surface area contributed by atoms with Crippen LogP contribution in [-0.2, 0) is 6.54 Å². The average molecular weight is 317 g/mol. The molecule has 1 fully saturated rings. The largest absolute Gasteiger partial charge is 0.351 e. The maximum Gasteiger partial charge on any atom is 0.194 e. The summed E-state index contributed by atoms with van der Waals surface area (Å²) in [4.78, 5) is 11.4. The molecule has 1 aliphatic rings. The molecule has 1 saturated heterocycles. The number of fused-ring (bicyclic) bond motifs is 1. The highest BCUT2D eigenvalue weighted by molar-refractivity contribution is 8.00. The first-order chi connectivity index (χ1) is 10.6. The van der Waals surface area contributed by atoms with Gasteiger partial charge in [-0.3, -0.25) is 4.99 Å². The standard InChI is InChI=1S/C16H23N5S/c1-16(2)12-21(8-9-22-16)15(17-3)18-10-13-11-20-7-5-4-6-14(20)19-13/h4-7,11H,8-10,12H2,1-3H3,(H,17,18). The van der Waals surface area contributed by atoms with Crippen LogP contribution in [-0.4, -0.2) is 50.9 Å². The minimum atomic E-state index is 0.277. The molecule has 0 aromatic carbocycles. The number of hydrogen-bond acceptors (Lipinski definition) is 3. The number of guanidine groups is 1. The van der Waals surface area contributed by atoms with Gasteiger partial charge in [0.25, 0.3) is 0 Å². The molecular formula is C16H23N5S. The summed E-state index contributed by atoms with van der Waals surface area (Å²) >= 11 is 2.03. The summed E-state index contributed by atoms with van der Waals surface area (Å²) in [7, 11) is 1.85. The highest BCUT2D eigenvalue weighted by atomic mass is 32.2. The second kappa shape index (κ2) is 6.20. The van der Waals surface area contributed by atoms with Crippen LogP contribution in [0.5, 0.6) is 0 Å². The molecule has 22 heavy (non-hydrogen) atoms. The van der Waals surface area contributed by atoms with Crippen molar-refractivity contribution in [2.45, 2.75) is 25.1 Å². The molecule has 6 heteroatoms. The smallest absolute Gasteiger partial charge is 0.194 e. The molecule has 2 aromatic heterocycles. The third-order valence-corrected chi connectivity index (χ3v) is 5.08. The number of aromatic nitrogens is 2. The van der Waals surface area contributed by atoms with Gasteiger partial charge in [0, 0.05) is 43.0 Å². The molecule has 3 rings (SSSR count). The number of rotatable bonds is 2. The molecule has 5 nitrogen and oxygen atoms in total. The van der Waals surface area contributed by atoms with Gasteiger partial charge in [-0.1, -0.05) is 6.07 Å². The van der Waals surface area contributed by atoms with E-state index in [4.69, 9.17) is 0 Å². The van der Waals surface area contributed by atoms with E-state index >= 15 is 0 Å². The van der Waals surface area contributed by atoms with Crippen molar-refractivity contribution < 1.29 is 0 Å². The van der Waals surface area contributed by atoms with Crippen molar-refractivity contribution in [3.8, 4) is 0 Å². The minimum absolute atomic E-state index is 0.277. The lowest BCUT2D eigenvalue weighted by Crippen LogP contribution is -2.50. The second-order valence-electron chi connectivity index (χ2n) is 6.13. The Bertz CT molecular complexity index is 643. The van der Waals surface area contributed by atoms with Gasteiger partial charge in [-0.05, 0) is 26.0 Å². The molecule has 0 radical (unpaired) electrons. The van der Waals surface area contributed by atoms with E-state index < -0.39 is 0 Å². The minimum Gasteiger partial charge on any atom is -0.351 e. The van der Waals surface area contributed by atoms with Gasteiger partial charge in [-0.2, -0.15) is 11.8 Å². The predicted octanol–water partition coefficient (Wildman–Crippen LogP) is 2.24. The van der Waals surface area contributed by atoms with E-state index in [1.54, 1.807) is 0 Å². The lowest BCUT2D eigenvalue weighted by Gasteiger charge is -2.39. The Labute approximate surface area is 135 Å². The van der Waals surface area contributed by atoms with Gasteiger partial charge in [0.15, 0.2) is 5.96 Å². The maximum absolute atomic E-state index is 4.62. The van der Waals surface area contributed by atoms with Crippen molar-refractivity contribution in [2.75, 3.05) is 25.9 Å². The molecule has 1 aliphatic heterocycles. The first kappa shape index (κ1) is 15.2. The zero-order valence-electron chi connectivity index (χ0n) is 13.4. The van der Waals surface area contributed by atoms with Crippen molar-refractivity contribution in [2.24, 2.45) is 4.99 Å². The molecule has 3 heterocycles. The van der Waals surface area contributed by atoms with Gasteiger partial charge in [0.2, 0.25) is 0 Å². The van der Waals surface area contributed by atoms with Crippen LogP contribution in [0.1, 0.15) is 19.5 Å². The normalized spacial score (nSPS) is 18.7. The van der Waals surface area contributed by atoms with Crippen LogP contribution < -0.4 is 5.32 Å². The van der Waals surface area contributed by atoms with Gasteiger partial charge in [-0.15, -0.1) is 0 Å². The second-order valence-corrected chi connectivity index (χ2v) is 7.93. The number of pyridine rings is 1. The number of nitrogens with one attached hydrogen (secondary N) is 1. The fourth-order valence-electron chi connectivity index (χ4n) is 2.77. The van der Waals surface area contributed by atoms with Crippen LogP contribution in [0.3, 0.4) is 0 Å². The van der Waals surface area contributed by atoms with Crippen molar-refractivity contribution in [1.29, 1.82) is 0 Å². The predicted molar refractivity (Wildman–Crippen MR) is 93.5 cm³/mol. The summed E-state index contributed by atoms with van der Waals surface area (Å²) in [6.07, 6.45) is 4.08. The maximum atomic E-state index is 4.62. The lowest BCUT2D eigenvalue weighted by atomic mass is 10.2. The van der Waals surface area contributed by atoms with Crippen LogP contribution in [0.15, 0.2) is 35.6 Å². The van der Waals surface area contributed by atoms with Crippen LogP contribution in [0.2, 0.25) is 0 Å². The highest BCUT2D eigenvalue weighted by Gasteiger charge is 2.28. The van der Waals surface area contributed by atoms with E-state index in [1.807, 2.05) is 47.6 Å². The van der Waals surface area contributed by atoms with Gasteiger partial charge in [0.05, 0.1) is 12.2 Å². The fraction of sp³-hybridized carbons (Fsp3) is 0.500. The number of nitrogens with zero attached hydrogens (tertiary/aromatic N) is 4. The van der Waals surface area contributed by atoms with Crippen LogP contribution in [0.25, 0.3) is 5.65 Å². The molecule has 0 unspecified atom stereocenters. The molecule has 0 saturated carbocycles. The average Bonchev–Trinajstić information content (AvgIpc) is 2.89. The topological polar surface area (TPSA) is 44.9 Å². The van der Waals surface area contributed by atoms with Gasteiger partial charge >= 0.3 is 0 Å². The molecule has 0 amide bonds. The van der Waals surface area contributed by atoms with E-state index in [1.165, 1.54) is 0 Å². The molecule has 0 aliphatic carbocycles. The van der Waals surface area contributed by atoms with Crippen LogP contribution in [0, 0.1) is 0 Å². The van der Waals surface area contributed by atoms with Gasteiger partial charge in [0.1, 0.15) is 5.65 Å². The van der Waals surface area contributed by atoms with E-state index in [9.17, 15) is 0 Å². The Kier molecular flexibility index (Phi) is 4.29. The Balaban J connectivity index is 1.66. The van der Waals surface area contributed by atoms with Crippen molar-refractivity contribution >= 4 is 23.4 Å². The van der Waals surface area contributed by atoms with Crippen molar-refractivity contribution in [3.05, 3.63) is 36.3 Å². The number of thioether (sulfide) groups is 1. The summed E-state index contributed by atoms with van der Waals surface area (Å²) in [5.41, 5.74) is 2.00. The summed E-state index contributed by atoms with van der Waals surface area (Å²) in [6.45, 7) is 7.33. The third-order valence-electron chi connectivity index (χ3n) is 3.78. The monoisotopic (exact) mass is 317 g/mol. The quantitative estimate of drug-likeness (QED) is 0.681. The lowest BCUT2D eigenvalue weighted by molar-refractivity contribution is 0.375. The number of hydrogen-bond donors (Lipinski definition) is 1. The summed E-state index contributed by atoms with van der Waals surface area (Å²) in [5, 5.41) is 3.44. The summed E-state index contributed by atoms with van der Waals surface area (Å²) in [5.74, 6) is 2.10. The highest BCUT2D eigenvalue weighted by Crippen LogP contribution is 2.29. The Hall–Kier alpha value is -1.69. The summed E-state index contributed by atoms with van der Waals surface area (Å²) < 4.78 is 2.32. The Morgan fingerprint density at radius 2 is 2.32 bits per heavy atom. The molecule has 0 atom stereocenters. The van der Waals surface area contributed by atoms with E-state index in [0.29, 0.717) is 6.54 Å². The Morgan fingerprint density at radius 3 is 3.05 bits per heavy atom. The van der Waals surface area contributed by atoms with Crippen LogP contribution >= 0.6 is 11.8 Å². The third kappa shape index (κ3) is 3.38. The molecular weight excluding hydrogens is 294 g/mol. The van der Waals surface area contributed by atoms with Gasteiger partial charge < -0.3 is 14.6 Å². The number of imidazole rings is 1. The Morgan fingerprint density at radius 1 is 1.45 bits per heavy atom. The molecule has 2 aromatic rings. The molecule has 1 N–H and O–H groups in total. The zero-order valence-corrected chi connectivity index (χ0v) is 14.2. The van der Waals surface area contributed by atoms with Gasteiger partial charge in [-0.25, -0.2) is 4.98 Å². The van der Waals surface area contributed by atoms with Crippen LogP contribution in [0.4, 0.5) is 0 Å². The first-order valence-corrected chi connectivity index (χ1v) is 8.58. The van der Waals surface area contributed by atoms with E-state index in [0.717, 1.165) is 36.1 Å². The molecule has 0 spiro atoms. The van der Waals surface area contributed by atoms with Crippen molar-refractivity contribution in [1.82, 2.24) is 19.6 Å².